The van der Waals surface area contributed by atoms with Crippen LogP contribution >= 0.6 is 0 Å². The molecule has 3 aliphatic rings. The largest absolute Gasteiger partial charge is 0.435 e. The molecule has 0 N–H and O–H groups in total. The van der Waals surface area contributed by atoms with Crippen molar-refractivity contribution in [2.45, 2.75) is 31.7 Å². The molecule has 0 amide bonds. The van der Waals surface area contributed by atoms with Crippen LogP contribution in [0.15, 0.2) is 0 Å². The molecule has 3 saturated heterocycles. The van der Waals surface area contributed by atoms with Crippen molar-refractivity contribution in [3.8, 4) is 0 Å². The lowest BCUT2D eigenvalue weighted by Gasteiger charge is -2.13. The lowest BCUT2D eigenvalue weighted by atomic mass is 9.91. The van der Waals surface area contributed by atoms with Crippen LogP contribution in [-0.2, 0) is 23.7 Å². The van der Waals surface area contributed by atoms with Crippen molar-refractivity contribution in [2.24, 2.45) is 11.8 Å². The van der Waals surface area contributed by atoms with Gasteiger partial charge in [0.1, 0.15) is 0 Å². The monoisotopic (exact) mass is 200 g/mol. The lowest BCUT2D eigenvalue weighted by molar-refractivity contribution is -0.233. The van der Waals surface area contributed by atoms with Gasteiger partial charge in [-0.05, 0) is 0 Å². The predicted molar refractivity (Wildman–Crippen MR) is 42.8 cm³/mol. The van der Waals surface area contributed by atoms with Crippen LogP contribution in [0, 0.1) is 11.8 Å². The minimum Gasteiger partial charge on any atom is -0.435 e. The first-order chi connectivity index (χ1) is 6.78. The molecule has 5 nitrogen and oxygen atoms in total. The van der Waals surface area contributed by atoms with Gasteiger partial charge < -0.3 is 18.9 Å². The smallest absolute Gasteiger partial charge is 0.308 e. The van der Waals surface area contributed by atoms with Crippen molar-refractivity contribution < 1.29 is 23.7 Å². The molecule has 14 heavy (non-hydrogen) atoms. The Bertz CT molecular complexity index is 266. The molecule has 3 rings (SSSR count). The van der Waals surface area contributed by atoms with Gasteiger partial charge in [0.05, 0.1) is 6.42 Å². The summed E-state index contributed by atoms with van der Waals surface area (Å²) < 4.78 is 21.0. The zero-order valence-electron chi connectivity index (χ0n) is 7.84. The Balaban J connectivity index is 1.75. The van der Waals surface area contributed by atoms with Crippen LogP contribution < -0.4 is 0 Å². The maximum absolute atomic E-state index is 11.0. The topological polar surface area (TPSA) is 54.0 Å². The highest BCUT2D eigenvalue weighted by atomic mass is 16.8. The third kappa shape index (κ3) is 1.09. The van der Waals surface area contributed by atoms with Crippen molar-refractivity contribution >= 4 is 5.97 Å². The normalized spacial score (nSPS) is 50.4. The fourth-order valence-electron chi connectivity index (χ4n) is 2.47. The van der Waals surface area contributed by atoms with Gasteiger partial charge in [-0.25, -0.2) is 0 Å². The molecular formula is C9H12O5. The predicted octanol–water partition coefficient (Wildman–Crippen LogP) is 0.241. The number of methoxy groups -OCH3 is 1. The molecule has 3 heterocycles. The molecule has 0 aromatic carbocycles. The maximum atomic E-state index is 11.0. The first-order valence-electron chi connectivity index (χ1n) is 4.81. The van der Waals surface area contributed by atoms with Crippen LogP contribution in [0.2, 0.25) is 0 Å². The average Bonchev–Trinajstić information content (AvgIpc) is 2.74. The average molecular weight is 200 g/mol. The SMILES string of the molecule is CO[C@H]1C[C@H]2[C@@H](O1)O[C@H]1OC(=O)C[C@H]12. The number of hydrogen-bond acceptors (Lipinski definition) is 5. The Morgan fingerprint density at radius 1 is 1.29 bits per heavy atom. The van der Waals surface area contributed by atoms with E-state index in [0.29, 0.717) is 6.42 Å². The number of esters is 1. The molecule has 5 atom stereocenters. The first-order valence-corrected chi connectivity index (χ1v) is 4.81. The molecule has 78 valence electrons. The maximum Gasteiger partial charge on any atom is 0.308 e. The Labute approximate surface area is 81.3 Å². The molecule has 0 bridgehead atoms. The summed E-state index contributed by atoms with van der Waals surface area (Å²) >= 11 is 0. The van der Waals surface area contributed by atoms with Crippen LogP contribution in [0.4, 0.5) is 0 Å². The Kier molecular flexibility index (Phi) is 1.80. The molecule has 3 aliphatic heterocycles. The van der Waals surface area contributed by atoms with Gasteiger partial charge in [0.2, 0.25) is 6.29 Å². The summed E-state index contributed by atoms with van der Waals surface area (Å²) in [6.45, 7) is 0. The number of fused-ring (bicyclic) bond motifs is 3. The number of ether oxygens (including phenoxy) is 4. The number of rotatable bonds is 1. The molecule has 0 radical (unpaired) electrons. The second-order valence-electron chi connectivity index (χ2n) is 3.93. The summed E-state index contributed by atoms with van der Waals surface area (Å²) in [6, 6.07) is 0. The van der Waals surface area contributed by atoms with Crippen molar-refractivity contribution in [1.29, 1.82) is 0 Å². The van der Waals surface area contributed by atoms with E-state index in [0.717, 1.165) is 6.42 Å². The molecule has 0 aromatic rings. The van der Waals surface area contributed by atoms with Crippen molar-refractivity contribution in [3.05, 3.63) is 0 Å². The highest BCUT2D eigenvalue weighted by Crippen LogP contribution is 2.47. The minimum absolute atomic E-state index is 0.160. The highest BCUT2D eigenvalue weighted by molar-refractivity contribution is 5.72. The fraction of sp³-hybridized carbons (Fsp3) is 0.889. The second-order valence-corrected chi connectivity index (χ2v) is 3.93. The van der Waals surface area contributed by atoms with Gasteiger partial charge in [0.15, 0.2) is 12.6 Å². The number of hydrogen-bond donors (Lipinski definition) is 0. The van der Waals surface area contributed by atoms with Crippen molar-refractivity contribution in [3.63, 3.8) is 0 Å². The van der Waals surface area contributed by atoms with Crippen LogP contribution in [0.1, 0.15) is 12.8 Å². The quantitative estimate of drug-likeness (QED) is 0.567. The third-order valence-corrected chi connectivity index (χ3v) is 3.18. The van der Waals surface area contributed by atoms with E-state index < -0.39 is 0 Å². The molecule has 3 fully saturated rings. The molecule has 0 aliphatic carbocycles. The molecular weight excluding hydrogens is 188 g/mol. The van der Waals surface area contributed by atoms with E-state index in [2.05, 4.69) is 0 Å². The standard InChI is InChI=1S/C9H12O5/c1-11-7-3-5-4-2-6(10)12-8(4)14-9(5)13-7/h4-5,7-9H,2-3H2,1H3/t4-,5+,7+,8+,9-/m0/s1. The zero-order chi connectivity index (χ0) is 9.71. The summed E-state index contributed by atoms with van der Waals surface area (Å²) in [6.07, 6.45) is 0.421. The Hall–Kier alpha value is -0.650. The van der Waals surface area contributed by atoms with Gasteiger partial charge in [0, 0.05) is 25.4 Å². The molecule has 0 saturated carbocycles. The zero-order valence-corrected chi connectivity index (χ0v) is 7.84. The lowest BCUT2D eigenvalue weighted by Crippen LogP contribution is -2.19. The van der Waals surface area contributed by atoms with E-state index in [1.54, 1.807) is 7.11 Å². The minimum atomic E-state index is -0.379. The van der Waals surface area contributed by atoms with Crippen LogP contribution in [0.25, 0.3) is 0 Å². The Morgan fingerprint density at radius 2 is 2.14 bits per heavy atom. The first kappa shape index (κ1) is 8.64. The Morgan fingerprint density at radius 3 is 2.93 bits per heavy atom. The third-order valence-electron chi connectivity index (χ3n) is 3.18. The van der Waals surface area contributed by atoms with Crippen LogP contribution in [-0.4, -0.2) is 31.9 Å². The summed E-state index contributed by atoms with van der Waals surface area (Å²) in [4.78, 5) is 11.0. The summed E-state index contributed by atoms with van der Waals surface area (Å²) in [7, 11) is 1.61. The van der Waals surface area contributed by atoms with Crippen LogP contribution in [0.5, 0.6) is 0 Å². The van der Waals surface area contributed by atoms with Crippen molar-refractivity contribution in [1.82, 2.24) is 0 Å². The molecule has 5 heteroatoms. The van der Waals surface area contributed by atoms with E-state index in [9.17, 15) is 4.79 Å². The van der Waals surface area contributed by atoms with Gasteiger partial charge in [0.25, 0.3) is 0 Å². The fourth-order valence-corrected chi connectivity index (χ4v) is 2.47. The van der Waals surface area contributed by atoms with Crippen molar-refractivity contribution in [2.75, 3.05) is 7.11 Å². The van der Waals surface area contributed by atoms with Crippen LogP contribution in [0.3, 0.4) is 0 Å². The van der Waals surface area contributed by atoms with Gasteiger partial charge in [-0.1, -0.05) is 0 Å². The van der Waals surface area contributed by atoms with Gasteiger partial charge in [-0.15, -0.1) is 0 Å². The van der Waals surface area contributed by atoms with Gasteiger partial charge >= 0.3 is 5.97 Å². The summed E-state index contributed by atoms with van der Waals surface area (Å²) in [5.74, 6) is 0.239. The van der Waals surface area contributed by atoms with E-state index >= 15 is 0 Å². The highest BCUT2D eigenvalue weighted by Gasteiger charge is 2.56. The summed E-state index contributed by atoms with van der Waals surface area (Å²) in [5.41, 5.74) is 0. The van der Waals surface area contributed by atoms with Gasteiger partial charge in [-0.3, -0.25) is 4.79 Å². The number of carbonyl (C=O) groups excluding carboxylic acids is 1. The van der Waals surface area contributed by atoms with E-state index in [1.165, 1.54) is 0 Å². The van der Waals surface area contributed by atoms with E-state index in [1.807, 2.05) is 0 Å². The molecule has 0 unspecified atom stereocenters. The van der Waals surface area contributed by atoms with E-state index in [4.69, 9.17) is 18.9 Å². The molecule has 0 spiro atoms. The molecule has 0 aromatic heterocycles. The second kappa shape index (κ2) is 2.92. The van der Waals surface area contributed by atoms with Gasteiger partial charge in [-0.2, -0.15) is 0 Å². The van der Waals surface area contributed by atoms with E-state index in [-0.39, 0.29) is 36.7 Å². The summed E-state index contributed by atoms with van der Waals surface area (Å²) in [5, 5.41) is 0. The number of carbonyl (C=O) groups is 1.